The van der Waals surface area contributed by atoms with Crippen molar-refractivity contribution < 1.29 is 28.0 Å². The molecule has 2 aromatic heterocycles. The van der Waals surface area contributed by atoms with Gasteiger partial charge in [-0.1, -0.05) is 0 Å². The quantitative estimate of drug-likeness (QED) is 0.523. The number of nitrogens with zero attached hydrogens (tertiary/aromatic N) is 1. The molecule has 1 N–H and O–H groups in total. The molecule has 3 amide bonds. The van der Waals surface area contributed by atoms with Crippen LogP contribution in [0.5, 0.6) is 0 Å². The number of hydrogen-bond donors (Lipinski definition) is 1. The maximum absolute atomic E-state index is 12.4. The van der Waals surface area contributed by atoms with Gasteiger partial charge >= 0.3 is 12.0 Å². The van der Waals surface area contributed by atoms with Gasteiger partial charge in [0.2, 0.25) is 5.76 Å². The number of amides is 3. The topological polar surface area (TPSA) is 102 Å². The normalized spacial score (nSPS) is 15.9. The van der Waals surface area contributed by atoms with Crippen LogP contribution >= 0.6 is 0 Å². The Bertz CT molecular complexity index is 844. The Morgan fingerprint density at radius 3 is 2.79 bits per heavy atom. The Kier molecular flexibility index (Phi) is 3.95. The second-order valence-electron chi connectivity index (χ2n) is 5.10. The van der Waals surface area contributed by atoms with Crippen LogP contribution < -0.4 is 5.32 Å². The first-order valence-electron chi connectivity index (χ1n) is 7.05. The molecule has 1 fully saturated rings. The molecular formula is C16H14N2O6. The number of furan rings is 2. The van der Waals surface area contributed by atoms with Crippen molar-refractivity contribution in [3.8, 4) is 0 Å². The van der Waals surface area contributed by atoms with Crippen LogP contribution in [-0.4, -0.2) is 29.9 Å². The first-order valence-corrected chi connectivity index (χ1v) is 7.05. The minimum atomic E-state index is -0.632. The number of carbonyl (C=O) groups excluding carboxylic acids is 3. The van der Waals surface area contributed by atoms with Gasteiger partial charge in [-0.2, -0.15) is 0 Å². The summed E-state index contributed by atoms with van der Waals surface area (Å²) in [5.74, 6) is -0.360. The fraction of sp³-hybridized carbons (Fsp3) is 0.188. The van der Waals surface area contributed by atoms with Crippen molar-refractivity contribution in [2.24, 2.45) is 0 Å². The van der Waals surface area contributed by atoms with Crippen molar-refractivity contribution in [3.05, 3.63) is 53.0 Å². The van der Waals surface area contributed by atoms with Gasteiger partial charge in [0.05, 0.1) is 19.9 Å². The molecule has 0 radical (unpaired) electrons. The van der Waals surface area contributed by atoms with Crippen LogP contribution in [0.15, 0.2) is 39.0 Å². The highest BCUT2D eigenvalue weighted by Crippen LogP contribution is 2.20. The highest BCUT2D eigenvalue weighted by atomic mass is 16.5. The number of esters is 1. The summed E-state index contributed by atoms with van der Waals surface area (Å²) < 4.78 is 15.0. The lowest BCUT2D eigenvalue weighted by Crippen LogP contribution is -2.30. The molecule has 1 saturated heterocycles. The van der Waals surface area contributed by atoms with Gasteiger partial charge in [-0.3, -0.25) is 9.69 Å². The standard InChI is InChI=1S/C16H14N2O6/c1-9-5-6-23-13(9)7-11-14(19)18(16(21)17-11)8-10-3-4-12(24-10)15(20)22-2/h3-7H,8H2,1-2H3,(H,17,21). The first-order chi connectivity index (χ1) is 11.5. The summed E-state index contributed by atoms with van der Waals surface area (Å²) >= 11 is 0. The molecule has 0 aromatic carbocycles. The zero-order valence-corrected chi connectivity index (χ0v) is 13.0. The fourth-order valence-electron chi connectivity index (χ4n) is 2.21. The summed E-state index contributed by atoms with van der Waals surface area (Å²) in [5, 5.41) is 2.49. The van der Waals surface area contributed by atoms with E-state index < -0.39 is 17.9 Å². The molecule has 2 aromatic rings. The van der Waals surface area contributed by atoms with Gasteiger partial charge < -0.3 is 18.9 Å². The number of carbonyl (C=O) groups is 3. The molecule has 0 aliphatic carbocycles. The van der Waals surface area contributed by atoms with Crippen LogP contribution in [0.25, 0.3) is 6.08 Å². The summed E-state index contributed by atoms with van der Waals surface area (Å²) in [4.78, 5) is 36.7. The number of rotatable bonds is 4. The maximum atomic E-state index is 12.4. The number of methoxy groups -OCH3 is 1. The van der Waals surface area contributed by atoms with Crippen molar-refractivity contribution in [1.29, 1.82) is 0 Å². The second-order valence-corrected chi connectivity index (χ2v) is 5.10. The summed E-state index contributed by atoms with van der Waals surface area (Å²) in [6.07, 6.45) is 2.97. The zero-order chi connectivity index (χ0) is 17.3. The lowest BCUT2D eigenvalue weighted by Gasteiger charge is -2.09. The molecule has 1 aliphatic rings. The van der Waals surface area contributed by atoms with Gasteiger partial charge in [-0.05, 0) is 30.7 Å². The summed E-state index contributed by atoms with van der Waals surface area (Å²) in [5.41, 5.74) is 0.953. The van der Waals surface area contributed by atoms with Crippen LogP contribution in [0.1, 0.15) is 27.6 Å². The highest BCUT2D eigenvalue weighted by molar-refractivity contribution is 6.13. The van der Waals surface area contributed by atoms with Gasteiger partial charge in [0.15, 0.2) is 0 Å². The number of imide groups is 1. The van der Waals surface area contributed by atoms with Gasteiger partial charge in [-0.15, -0.1) is 0 Å². The lowest BCUT2D eigenvalue weighted by molar-refractivity contribution is -0.123. The minimum absolute atomic E-state index is 0.00142. The summed E-state index contributed by atoms with van der Waals surface area (Å²) in [7, 11) is 1.23. The van der Waals surface area contributed by atoms with Crippen LogP contribution in [-0.2, 0) is 16.1 Å². The summed E-state index contributed by atoms with van der Waals surface area (Å²) in [6.45, 7) is 1.72. The van der Waals surface area contributed by atoms with Gasteiger partial charge in [0.1, 0.15) is 17.2 Å². The first kappa shape index (κ1) is 15.6. The van der Waals surface area contributed by atoms with E-state index in [-0.39, 0.29) is 23.8 Å². The molecule has 0 spiro atoms. The number of nitrogens with one attached hydrogen (secondary N) is 1. The van der Waals surface area contributed by atoms with E-state index in [0.29, 0.717) is 5.76 Å². The molecule has 3 heterocycles. The number of ether oxygens (including phenoxy) is 1. The Balaban J connectivity index is 1.77. The largest absolute Gasteiger partial charge is 0.465 e. The number of aryl methyl sites for hydroxylation is 1. The second kappa shape index (κ2) is 6.07. The zero-order valence-electron chi connectivity index (χ0n) is 13.0. The van der Waals surface area contributed by atoms with E-state index in [2.05, 4.69) is 10.1 Å². The van der Waals surface area contributed by atoms with Gasteiger partial charge in [-0.25, -0.2) is 9.59 Å². The smallest absolute Gasteiger partial charge is 0.373 e. The predicted octanol–water partition coefficient (Wildman–Crippen LogP) is 2.06. The van der Waals surface area contributed by atoms with Crippen molar-refractivity contribution in [1.82, 2.24) is 10.2 Å². The van der Waals surface area contributed by atoms with Crippen LogP contribution in [0.2, 0.25) is 0 Å². The van der Waals surface area contributed by atoms with Crippen LogP contribution in [0.4, 0.5) is 4.79 Å². The van der Waals surface area contributed by atoms with Crippen molar-refractivity contribution in [2.45, 2.75) is 13.5 Å². The number of urea groups is 1. The molecule has 0 atom stereocenters. The Morgan fingerprint density at radius 1 is 1.33 bits per heavy atom. The predicted molar refractivity (Wildman–Crippen MR) is 80.6 cm³/mol. The third-order valence-electron chi connectivity index (χ3n) is 3.50. The molecular weight excluding hydrogens is 316 g/mol. The van der Waals surface area contributed by atoms with Crippen molar-refractivity contribution in [3.63, 3.8) is 0 Å². The molecule has 0 saturated carbocycles. The Morgan fingerprint density at radius 2 is 2.12 bits per heavy atom. The summed E-state index contributed by atoms with van der Waals surface area (Å²) in [6, 6.07) is 4.10. The monoisotopic (exact) mass is 330 g/mol. The third kappa shape index (κ3) is 2.81. The maximum Gasteiger partial charge on any atom is 0.373 e. The molecule has 124 valence electrons. The van der Waals surface area contributed by atoms with Crippen LogP contribution in [0, 0.1) is 6.92 Å². The van der Waals surface area contributed by atoms with E-state index in [1.54, 1.807) is 6.07 Å². The van der Waals surface area contributed by atoms with E-state index in [4.69, 9.17) is 8.83 Å². The van der Waals surface area contributed by atoms with E-state index in [1.807, 2.05) is 6.92 Å². The van der Waals surface area contributed by atoms with E-state index >= 15 is 0 Å². The molecule has 3 rings (SSSR count). The molecule has 24 heavy (non-hydrogen) atoms. The molecule has 8 heteroatoms. The molecule has 8 nitrogen and oxygen atoms in total. The molecule has 0 unspecified atom stereocenters. The Hall–Kier alpha value is -3.29. The number of hydrogen-bond acceptors (Lipinski definition) is 6. The van der Waals surface area contributed by atoms with Gasteiger partial charge in [0, 0.05) is 6.08 Å². The highest BCUT2D eigenvalue weighted by Gasteiger charge is 2.34. The van der Waals surface area contributed by atoms with Crippen molar-refractivity contribution >= 4 is 24.0 Å². The molecule has 0 bridgehead atoms. The van der Waals surface area contributed by atoms with Gasteiger partial charge in [0.25, 0.3) is 5.91 Å². The van der Waals surface area contributed by atoms with Crippen LogP contribution in [0.3, 0.4) is 0 Å². The van der Waals surface area contributed by atoms with E-state index in [1.165, 1.54) is 31.6 Å². The van der Waals surface area contributed by atoms with E-state index in [9.17, 15) is 14.4 Å². The fourth-order valence-corrected chi connectivity index (χ4v) is 2.21. The lowest BCUT2D eigenvalue weighted by atomic mass is 10.2. The third-order valence-corrected chi connectivity index (χ3v) is 3.50. The average Bonchev–Trinajstić information content (AvgIpc) is 3.25. The average molecular weight is 330 g/mol. The molecule has 1 aliphatic heterocycles. The van der Waals surface area contributed by atoms with Crippen molar-refractivity contribution in [2.75, 3.05) is 7.11 Å². The minimum Gasteiger partial charge on any atom is -0.465 e. The Labute approximate surface area is 136 Å². The van der Waals surface area contributed by atoms with E-state index in [0.717, 1.165) is 10.5 Å². The SMILES string of the molecule is COC(=O)c1ccc(CN2C(=O)NC(=Cc3occc3C)C2=O)o1.